The maximum absolute atomic E-state index is 14.7. The van der Waals surface area contributed by atoms with E-state index in [4.69, 9.17) is 44.3 Å². The first-order chi connectivity index (χ1) is 23.1. The molecule has 2 amide bonds. The van der Waals surface area contributed by atoms with E-state index in [2.05, 4.69) is 5.32 Å². The minimum Gasteiger partial charge on any atom is -0.493 e. The average molecular weight is 747 g/mol. The highest BCUT2D eigenvalue weighted by Gasteiger charge is 2.36. The molecule has 0 unspecified atom stereocenters. The molecule has 1 N–H and O–H groups in total. The highest BCUT2D eigenvalue weighted by molar-refractivity contribution is 7.92. The summed E-state index contributed by atoms with van der Waals surface area (Å²) in [4.78, 5) is 29.9. The van der Waals surface area contributed by atoms with E-state index in [1.54, 1.807) is 18.2 Å². The third-order valence-corrected chi connectivity index (χ3v) is 10.1. The van der Waals surface area contributed by atoms with Crippen LogP contribution in [0.1, 0.15) is 31.9 Å². The van der Waals surface area contributed by atoms with Gasteiger partial charge in [0.25, 0.3) is 10.0 Å². The van der Waals surface area contributed by atoms with Gasteiger partial charge in [-0.1, -0.05) is 71.2 Å². The van der Waals surface area contributed by atoms with Crippen molar-refractivity contribution in [3.8, 4) is 11.5 Å². The van der Waals surface area contributed by atoms with Gasteiger partial charge in [-0.05, 0) is 80.4 Å². The number of anilines is 1. The molecule has 0 saturated heterocycles. The highest BCUT2D eigenvalue weighted by Crippen LogP contribution is 2.33. The lowest BCUT2D eigenvalue weighted by molar-refractivity contribution is -0.140. The Morgan fingerprint density at radius 3 is 2.04 bits per heavy atom. The van der Waals surface area contributed by atoms with Gasteiger partial charge in [-0.3, -0.25) is 13.9 Å². The molecule has 0 bridgehead atoms. The number of carbonyl (C=O) groups is 2. The van der Waals surface area contributed by atoms with Gasteiger partial charge in [0.05, 0.1) is 24.8 Å². The lowest BCUT2D eigenvalue weighted by Gasteiger charge is -2.35. The molecular weight excluding hydrogens is 709 g/mol. The summed E-state index contributed by atoms with van der Waals surface area (Å²) in [6, 6.07) is 23.3. The summed E-state index contributed by atoms with van der Waals surface area (Å²) >= 11 is 18.9. The number of methoxy groups -OCH3 is 2. The molecule has 4 rings (SSSR count). The highest BCUT2D eigenvalue weighted by atomic mass is 35.5. The summed E-state index contributed by atoms with van der Waals surface area (Å²) in [6.45, 7) is 4.73. The quantitative estimate of drug-likeness (QED) is 0.153. The first-order valence-corrected chi connectivity index (χ1v) is 17.8. The van der Waals surface area contributed by atoms with Crippen molar-refractivity contribution < 1.29 is 27.5 Å². The predicted octanol–water partition coefficient (Wildman–Crippen LogP) is 7.41. The second-order valence-corrected chi connectivity index (χ2v) is 15.3. The van der Waals surface area contributed by atoms with Crippen LogP contribution in [0.3, 0.4) is 0 Å². The Balaban J connectivity index is 1.86. The van der Waals surface area contributed by atoms with Gasteiger partial charge in [0, 0.05) is 39.6 Å². The van der Waals surface area contributed by atoms with Crippen LogP contribution >= 0.6 is 34.8 Å². The Morgan fingerprint density at radius 2 is 1.45 bits per heavy atom. The molecule has 0 aromatic heterocycles. The van der Waals surface area contributed by atoms with E-state index in [1.165, 1.54) is 61.6 Å². The molecule has 1 atom stereocenters. The first kappa shape index (κ1) is 37.9. The second kappa shape index (κ2) is 16.2. The number of sulfonamides is 1. The molecule has 49 heavy (non-hydrogen) atoms. The number of nitrogens with zero attached hydrogens (tertiary/aromatic N) is 2. The number of hydrogen-bond acceptors (Lipinski definition) is 6. The van der Waals surface area contributed by atoms with Crippen LogP contribution in [0.15, 0.2) is 95.9 Å². The van der Waals surface area contributed by atoms with Crippen LogP contribution in [0.25, 0.3) is 0 Å². The molecule has 0 aliphatic heterocycles. The fourth-order valence-corrected chi connectivity index (χ4v) is 7.10. The Hall–Kier alpha value is -3.96. The van der Waals surface area contributed by atoms with Crippen molar-refractivity contribution in [1.29, 1.82) is 0 Å². The lowest BCUT2D eigenvalue weighted by atomic mass is 10.0. The summed E-state index contributed by atoms with van der Waals surface area (Å²) in [6.07, 6.45) is 0.142. The van der Waals surface area contributed by atoms with Crippen LogP contribution in [0.5, 0.6) is 11.5 Å². The van der Waals surface area contributed by atoms with Crippen LogP contribution in [0, 0.1) is 0 Å². The average Bonchev–Trinajstić information content (AvgIpc) is 3.05. The van der Waals surface area contributed by atoms with Crippen LogP contribution in [0.4, 0.5) is 5.69 Å². The van der Waals surface area contributed by atoms with E-state index in [9.17, 15) is 18.0 Å². The Morgan fingerprint density at radius 1 is 0.816 bits per heavy atom. The lowest BCUT2D eigenvalue weighted by Crippen LogP contribution is -2.56. The molecule has 0 heterocycles. The normalized spacial score (nSPS) is 12.2. The number of carbonyl (C=O) groups excluding carboxylic acids is 2. The maximum Gasteiger partial charge on any atom is 0.264 e. The van der Waals surface area contributed by atoms with Crippen molar-refractivity contribution in [3.63, 3.8) is 0 Å². The molecule has 4 aromatic carbocycles. The van der Waals surface area contributed by atoms with Gasteiger partial charge < -0.3 is 19.7 Å². The van der Waals surface area contributed by atoms with Gasteiger partial charge in [-0.25, -0.2) is 8.42 Å². The number of hydrogen-bond donors (Lipinski definition) is 1. The number of benzene rings is 4. The zero-order valence-corrected chi connectivity index (χ0v) is 30.8. The zero-order valence-electron chi connectivity index (χ0n) is 27.7. The summed E-state index contributed by atoms with van der Waals surface area (Å²) in [5.41, 5.74) is 0.853. The van der Waals surface area contributed by atoms with Crippen molar-refractivity contribution >= 4 is 62.3 Å². The molecule has 0 fully saturated rings. The largest absolute Gasteiger partial charge is 0.493 e. The van der Waals surface area contributed by atoms with E-state index in [-0.39, 0.29) is 34.3 Å². The van der Waals surface area contributed by atoms with E-state index in [0.29, 0.717) is 21.4 Å². The van der Waals surface area contributed by atoms with Crippen LogP contribution in [0.2, 0.25) is 15.1 Å². The number of amides is 2. The van der Waals surface area contributed by atoms with Gasteiger partial charge in [-0.2, -0.15) is 0 Å². The third kappa shape index (κ3) is 9.82. The Labute approximate surface area is 302 Å². The molecular formula is C36H38Cl3N3O6S. The molecule has 0 spiro atoms. The first-order valence-electron chi connectivity index (χ1n) is 15.2. The van der Waals surface area contributed by atoms with Gasteiger partial charge >= 0.3 is 0 Å². The molecule has 0 radical (unpaired) electrons. The fourth-order valence-electron chi connectivity index (χ4n) is 5.08. The summed E-state index contributed by atoms with van der Waals surface area (Å²) in [7, 11) is -1.58. The number of ether oxygens (including phenoxy) is 2. The Bertz CT molecular complexity index is 1880. The summed E-state index contributed by atoms with van der Waals surface area (Å²) < 4.78 is 40.4. The number of rotatable bonds is 13. The topological polar surface area (TPSA) is 105 Å². The number of halogens is 3. The minimum atomic E-state index is -4.41. The van der Waals surface area contributed by atoms with Gasteiger partial charge in [0.1, 0.15) is 12.6 Å². The Kier molecular flexibility index (Phi) is 12.5. The van der Waals surface area contributed by atoms with Gasteiger partial charge in [-0.15, -0.1) is 0 Å². The molecule has 0 aliphatic carbocycles. The number of nitrogens with one attached hydrogen (secondary N) is 1. The molecule has 9 nitrogen and oxygen atoms in total. The van der Waals surface area contributed by atoms with Gasteiger partial charge in [0.15, 0.2) is 11.5 Å². The molecule has 13 heteroatoms. The van der Waals surface area contributed by atoms with Crippen LogP contribution < -0.4 is 19.1 Å². The van der Waals surface area contributed by atoms with Crippen LogP contribution in [-0.2, 0) is 32.6 Å². The third-order valence-electron chi connectivity index (χ3n) is 7.46. The molecule has 260 valence electrons. The van der Waals surface area contributed by atoms with Crippen molar-refractivity contribution in [2.45, 2.75) is 50.2 Å². The minimum absolute atomic E-state index is 0.116. The molecule has 0 aliphatic rings. The fraction of sp³-hybridized carbons (Fsp3) is 0.278. The molecule has 0 saturated carbocycles. The monoisotopic (exact) mass is 745 g/mol. The molecule has 4 aromatic rings. The predicted molar refractivity (Wildman–Crippen MR) is 194 cm³/mol. The summed E-state index contributed by atoms with van der Waals surface area (Å²) in [5.74, 6) is -0.562. The SMILES string of the molecule is COc1ccc(S(=O)(=O)N(CC(=O)N(Cc2ccc(Cl)cc2Cl)[C@H](Cc2ccccc2)C(=O)NC(C)(C)C)c2ccc(Cl)cc2)cc1OC. The van der Waals surface area contributed by atoms with E-state index in [1.807, 2.05) is 51.1 Å². The van der Waals surface area contributed by atoms with Crippen molar-refractivity contribution in [3.05, 3.63) is 117 Å². The van der Waals surface area contributed by atoms with E-state index >= 15 is 0 Å². The maximum atomic E-state index is 14.7. The second-order valence-electron chi connectivity index (χ2n) is 12.2. The standard InChI is InChI=1S/C36H38Cl3N3O6S/c1-36(2,3)40-35(44)31(19-24-9-7-6-8-10-24)41(22-25-11-12-27(38)20-30(25)39)34(43)23-42(28-15-13-26(37)14-16-28)49(45,46)29-17-18-32(47-4)33(21-29)48-5/h6-18,20-21,31H,19,22-23H2,1-5H3,(H,40,44)/t31-/m1/s1. The zero-order chi connectivity index (χ0) is 35.9. The van der Waals surface area contributed by atoms with Crippen molar-refractivity contribution in [2.24, 2.45) is 0 Å². The smallest absolute Gasteiger partial charge is 0.264 e. The summed E-state index contributed by atoms with van der Waals surface area (Å²) in [5, 5.41) is 4.05. The van der Waals surface area contributed by atoms with E-state index in [0.717, 1.165) is 9.87 Å². The van der Waals surface area contributed by atoms with Gasteiger partial charge in [0.2, 0.25) is 11.8 Å². The van der Waals surface area contributed by atoms with Crippen molar-refractivity contribution in [1.82, 2.24) is 10.2 Å². The van der Waals surface area contributed by atoms with Crippen LogP contribution in [-0.4, -0.2) is 57.5 Å². The van der Waals surface area contributed by atoms with E-state index < -0.39 is 40.0 Å². The van der Waals surface area contributed by atoms with Crippen molar-refractivity contribution in [2.75, 3.05) is 25.1 Å².